The average molecular weight is 569 g/mol. The Hall–Kier alpha value is -4.26. The van der Waals surface area contributed by atoms with Gasteiger partial charge >= 0.3 is 5.97 Å². The van der Waals surface area contributed by atoms with Crippen molar-refractivity contribution < 1.29 is 9.53 Å². The molecule has 204 valence electrons. The number of hydrogen-bond acceptors (Lipinski definition) is 2. The molecule has 5 aromatic rings. The van der Waals surface area contributed by atoms with Crippen molar-refractivity contribution in [1.82, 2.24) is 0 Å². The van der Waals surface area contributed by atoms with Gasteiger partial charge in [0.1, 0.15) is 0 Å². The number of ether oxygens (including phenoxy) is 1. The van der Waals surface area contributed by atoms with E-state index < -0.39 is 16.1 Å². The average Bonchev–Trinajstić information content (AvgIpc) is 3.03. The Morgan fingerprint density at radius 1 is 0.585 bits per heavy atom. The van der Waals surface area contributed by atoms with Gasteiger partial charge in [0.2, 0.25) is 0 Å². The minimum Gasteiger partial charge on any atom is -0.463 e. The maximum atomic E-state index is 11.4. The molecule has 0 aliphatic rings. The highest BCUT2D eigenvalue weighted by molar-refractivity contribution is 7.19. The third-order valence-electron chi connectivity index (χ3n) is 8.08. The molecule has 2 nitrogen and oxygen atoms in total. The summed E-state index contributed by atoms with van der Waals surface area (Å²) in [5, 5.41) is 6.85. The van der Waals surface area contributed by atoms with E-state index in [0.29, 0.717) is 6.61 Å². The molecule has 0 radical (unpaired) electrons. The van der Waals surface area contributed by atoms with E-state index in [4.69, 9.17) is 4.74 Å². The monoisotopic (exact) mass is 568 g/mol. The quantitative estimate of drug-likeness (QED) is 0.0980. The molecule has 41 heavy (non-hydrogen) atoms. The fourth-order valence-corrected chi connectivity index (χ4v) is 12.4. The van der Waals surface area contributed by atoms with Gasteiger partial charge in [-0.25, -0.2) is 4.79 Å². The largest absolute Gasteiger partial charge is 0.463 e. The van der Waals surface area contributed by atoms with Crippen LogP contribution >= 0.6 is 0 Å². The highest BCUT2D eigenvalue weighted by Crippen LogP contribution is 2.20. The molecular weight excluding hydrogens is 533 g/mol. The first-order chi connectivity index (χ1) is 19.9. The minimum absolute atomic E-state index is 0.354. The Balaban J connectivity index is 1.51. The molecule has 0 spiro atoms. The number of esters is 1. The standard InChI is InChI=1S/C37H36O2Si2/c1-4-37(38)39-28-29-40(2,3)32-24-20-30(21-25-32)31-22-26-36(27-23-31)41(33-14-8-5-9-15-33,34-16-10-6-11-17-34)35-18-12-7-13-19-35/h4-27H,1,28-29H2,2-3H3. The lowest BCUT2D eigenvalue weighted by atomic mass is 10.1. The molecule has 4 heteroatoms. The van der Waals surface area contributed by atoms with Gasteiger partial charge in [-0.05, 0) is 37.9 Å². The van der Waals surface area contributed by atoms with Crippen molar-refractivity contribution in [3.05, 3.63) is 152 Å². The van der Waals surface area contributed by atoms with E-state index in [-0.39, 0.29) is 5.97 Å². The lowest BCUT2D eigenvalue weighted by Gasteiger charge is -2.34. The number of hydrogen-bond donors (Lipinski definition) is 0. The third kappa shape index (κ3) is 5.94. The predicted octanol–water partition coefficient (Wildman–Crippen LogP) is 5.38. The summed E-state index contributed by atoms with van der Waals surface area (Å²) in [7, 11) is -4.25. The minimum atomic E-state index is -2.52. The van der Waals surface area contributed by atoms with Gasteiger partial charge in [0.15, 0.2) is 8.07 Å². The predicted molar refractivity (Wildman–Crippen MR) is 179 cm³/mol. The van der Waals surface area contributed by atoms with Gasteiger partial charge in [-0.15, -0.1) is 0 Å². The maximum absolute atomic E-state index is 11.4. The lowest BCUT2D eigenvalue weighted by Crippen LogP contribution is -2.74. The molecule has 0 aliphatic carbocycles. The van der Waals surface area contributed by atoms with Gasteiger partial charge in [0.25, 0.3) is 0 Å². The van der Waals surface area contributed by atoms with Crippen LogP contribution < -0.4 is 25.9 Å². The fraction of sp³-hybridized carbons (Fsp3) is 0.108. The Morgan fingerprint density at radius 2 is 0.951 bits per heavy atom. The Morgan fingerprint density at radius 3 is 1.34 bits per heavy atom. The summed E-state index contributed by atoms with van der Waals surface area (Å²) in [6, 6.07) is 52.1. The van der Waals surface area contributed by atoms with E-state index in [0.717, 1.165) is 6.04 Å². The second kappa shape index (κ2) is 12.5. The van der Waals surface area contributed by atoms with Crippen LogP contribution in [0.3, 0.4) is 0 Å². The van der Waals surface area contributed by atoms with Gasteiger partial charge in [-0.1, -0.05) is 164 Å². The van der Waals surface area contributed by atoms with E-state index in [1.54, 1.807) is 0 Å². The number of rotatable bonds is 10. The molecule has 0 fully saturated rings. The van der Waals surface area contributed by atoms with Crippen molar-refractivity contribution in [3.63, 3.8) is 0 Å². The molecule has 5 aromatic carbocycles. The van der Waals surface area contributed by atoms with E-state index in [1.807, 2.05) is 0 Å². The molecule has 0 heterocycles. The molecule has 0 bridgehead atoms. The van der Waals surface area contributed by atoms with Crippen LogP contribution in [0.15, 0.2) is 152 Å². The fourth-order valence-electron chi connectivity index (χ4n) is 5.70. The Labute approximate surface area is 246 Å². The first-order valence-corrected chi connectivity index (χ1v) is 19.3. The zero-order chi connectivity index (χ0) is 28.7. The summed E-state index contributed by atoms with van der Waals surface area (Å²) in [5.74, 6) is -0.354. The summed E-state index contributed by atoms with van der Waals surface area (Å²) >= 11 is 0. The molecule has 0 aliphatic heterocycles. The van der Waals surface area contributed by atoms with Crippen molar-refractivity contribution in [2.75, 3.05) is 6.61 Å². The summed E-state index contributed by atoms with van der Waals surface area (Å²) in [4.78, 5) is 11.4. The second-order valence-corrected chi connectivity index (χ2v) is 19.7. The first kappa shape index (κ1) is 28.3. The molecule has 0 saturated carbocycles. The number of benzene rings is 5. The summed E-state index contributed by atoms with van der Waals surface area (Å²) in [6.45, 7) is 8.55. The van der Waals surface area contributed by atoms with Crippen LogP contribution in [0.1, 0.15) is 0 Å². The van der Waals surface area contributed by atoms with Crippen LogP contribution in [-0.2, 0) is 9.53 Å². The highest BCUT2D eigenvalue weighted by atomic mass is 28.3. The van der Waals surface area contributed by atoms with E-state index in [9.17, 15) is 4.79 Å². The second-order valence-electron chi connectivity index (χ2n) is 11.0. The van der Waals surface area contributed by atoms with Crippen molar-refractivity contribution >= 4 is 48.1 Å². The summed E-state index contributed by atoms with van der Waals surface area (Å²) in [5.41, 5.74) is 2.41. The Kier molecular flexibility index (Phi) is 8.62. The lowest BCUT2D eigenvalue weighted by molar-refractivity contribution is -0.137. The smallest absolute Gasteiger partial charge is 0.330 e. The van der Waals surface area contributed by atoms with Crippen LogP contribution in [0, 0.1) is 0 Å². The number of carbonyl (C=O) groups is 1. The number of carbonyl (C=O) groups excluding carboxylic acids is 1. The van der Waals surface area contributed by atoms with Gasteiger partial charge in [0, 0.05) is 6.08 Å². The van der Waals surface area contributed by atoms with E-state index in [2.05, 4.69) is 159 Å². The van der Waals surface area contributed by atoms with E-state index >= 15 is 0 Å². The highest BCUT2D eigenvalue weighted by Gasteiger charge is 2.41. The van der Waals surface area contributed by atoms with Crippen LogP contribution in [0.2, 0.25) is 19.1 Å². The zero-order valence-electron chi connectivity index (χ0n) is 23.8. The summed E-state index contributed by atoms with van der Waals surface area (Å²) in [6.07, 6.45) is 1.22. The molecule has 0 aromatic heterocycles. The molecular formula is C37H36O2Si2. The molecule has 0 unspecified atom stereocenters. The molecule has 0 saturated heterocycles. The van der Waals surface area contributed by atoms with Gasteiger partial charge < -0.3 is 4.74 Å². The molecule has 0 amide bonds. The molecule has 5 rings (SSSR count). The van der Waals surface area contributed by atoms with E-state index in [1.165, 1.54) is 43.1 Å². The van der Waals surface area contributed by atoms with Gasteiger partial charge in [-0.2, -0.15) is 0 Å². The van der Waals surface area contributed by atoms with Crippen molar-refractivity contribution in [1.29, 1.82) is 0 Å². The third-order valence-corrected chi connectivity index (χ3v) is 16.2. The Bertz CT molecular complexity index is 1480. The SMILES string of the molecule is C=CC(=O)OCC[Si](C)(C)c1ccc(-c2ccc([Si](c3ccccc3)(c3ccccc3)c3ccccc3)cc2)cc1. The summed E-state index contributed by atoms with van der Waals surface area (Å²) < 4.78 is 5.26. The van der Waals surface area contributed by atoms with Crippen molar-refractivity contribution in [2.24, 2.45) is 0 Å². The molecule has 0 N–H and O–H groups in total. The zero-order valence-corrected chi connectivity index (χ0v) is 25.8. The molecule has 0 atom stereocenters. The van der Waals surface area contributed by atoms with Gasteiger partial charge in [0.05, 0.1) is 14.7 Å². The van der Waals surface area contributed by atoms with Gasteiger partial charge in [-0.3, -0.25) is 0 Å². The van der Waals surface area contributed by atoms with Crippen molar-refractivity contribution in [3.8, 4) is 11.1 Å². The maximum Gasteiger partial charge on any atom is 0.330 e. The van der Waals surface area contributed by atoms with Crippen LogP contribution in [0.5, 0.6) is 0 Å². The van der Waals surface area contributed by atoms with Crippen molar-refractivity contribution in [2.45, 2.75) is 19.1 Å². The van der Waals surface area contributed by atoms with Crippen LogP contribution in [0.4, 0.5) is 0 Å². The first-order valence-electron chi connectivity index (χ1n) is 14.1. The van der Waals surface area contributed by atoms with Crippen LogP contribution in [-0.4, -0.2) is 28.7 Å². The van der Waals surface area contributed by atoms with Crippen LogP contribution in [0.25, 0.3) is 11.1 Å². The normalized spacial score (nSPS) is 11.6. The topological polar surface area (TPSA) is 26.3 Å².